The molecule has 4 N–H and O–H groups in total. The van der Waals surface area contributed by atoms with Crippen molar-refractivity contribution < 1.29 is 0 Å². The summed E-state index contributed by atoms with van der Waals surface area (Å²) >= 11 is 1.69. The molecule has 0 atom stereocenters. The molecular weight excluding hydrogens is 156 g/mol. The van der Waals surface area contributed by atoms with Crippen molar-refractivity contribution >= 4 is 11.8 Å². The van der Waals surface area contributed by atoms with Gasteiger partial charge in [0.15, 0.2) is 0 Å². The van der Waals surface area contributed by atoms with Gasteiger partial charge < -0.3 is 11.5 Å². The molecule has 60 valence electrons. The minimum atomic E-state index is -0.359. The highest BCUT2D eigenvalue weighted by Crippen LogP contribution is 2.17. The van der Waals surface area contributed by atoms with Crippen molar-refractivity contribution in [1.29, 1.82) is 0 Å². The Bertz CT molecular complexity index is 235. The third kappa shape index (κ3) is 2.22. The SMILES string of the molecule is CSc1cccc(C(N)N)c1. The second-order valence-corrected chi connectivity index (χ2v) is 3.18. The predicted molar refractivity (Wildman–Crippen MR) is 49.3 cm³/mol. The predicted octanol–water partition coefficient (Wildman–Crippen LogP) is 1.32. The molecule has 2 nitrogen and oxygen atoms in total. The van der Waals surface area contributed by atoms with Crippen LogP contribution < -0.4 is 11.5 Å². The largest absolute Gasteiger partial charge is 0.312 e. The quantitative estimate of drug-likeness (QED) is 0.517. The molecule has 0 aliphatic carbocycles. The molecule has 1 rings (SSSR count). The maximum absolute atomic E-state index is 5.51. The van der Waals surface area contributed by atoms with Crippen LogP contribution >= 0.6 is 11.8 Å². The van der Waals surface area contributed by atoms with Crippen LogP contribution in [0.3, 0.4) is 0 Å². The molecule has 0 spiro atoms. The molecule has 0 bridgehead atoms. The molecular formula is C8H12N2S. The second-order valence-electron chi connectivity index (χ2n) is 2.30. The van der Waals surface area contributed by atoms with Gasteiger partial charge in [0.25, 0.3) is 0 Å². The molecule has 0 radical (unpaired) electrons. The molecule has 0 unspecified atom stereocenters. The van der Waals surface area contributed by atoms with Crippen molar-refractivity contribution in [3.8, 4) is 0 Å². The normalized spacial score (nSPS) is 10.5. The van der Waals surface area contributed by atoms with Crippen molar-refractivity contribution in [2.75, 3.05) is 6.26 Å². The van der Waals surface area contributed by atoms with Crippen LogP contribution in [-0.2, 0) is 0 Å². The van der Waals surface area contributed by atoms with E-state index in [1.165, 1.54) is 4.90 Å². The van der Waals surface area contributed by atoms with Gasteiger partial charge in [0.1, 0.15) is 0 Å². The van der Waals surface area contributed by atoms with Gasteiger partial charge in [-0.1, -0.05) is 12.1 Å². The summed E-state index contributed by atoms with van der Waals surface area (Å²) in [5, 5.41) is 0. The van der Waals surface area contributed by atoms with Crippen LogP contribution in [0.15, 0.2) is 29.2 Å². The van der Waals surface area contributed by atoms with E-state index >= 15 is 0 Å². The Morgan fingerprint density at radius 3 is 2.64 bits per heavy atom. The van der Waals surface area contributed by atoms with Gasteiger partial charge in [-0.15, -0.1) is 11.8 Å². The summed E-state index contributed by atoms with van der Waals surface area (Å²) in [7, 11) is 0. The number of hydrogen-bond donors (Lipinski definition) is 2. The third-order valence-electron chi connectivity index (χ3n) is 1.48. The van der Waals surface area contributed by atoms with Gasteiger partial charge in [0.2, 0.25) is 0 Å². The first kappa shape index (κ1) is 8.59. The van der Waals surface area contributed by atoms with Gasteiger partial charge in [0, 0.05) is 4.90 Å². The molecule has 0 saturated heterocycles. The summed E-state index contributed by atoms with van der Waals surface area (Å²) in [6.45, 7) is 0. The van der Waals surface area contributed by atoms with E-state index in [0.29, 0.717) is 0 Å². The van der Waals surface area contributed by atoms with Gasteiger partial charge in [-0.05, 0) is 24.0 Å². The van der Waals surface area contributed by atoms with Crippen molar-refractivity contribution in [2.24, 2.45) is 11.5 Å². The highest BCUT2D eigenvalue weighted by Gasteiger charge is 1.98. The summed E-state index contributed by atoms with van der Waals surface area (Å²) in [5.74, 6) is 0. The molecule has 0 aromatic heterocycles. The zero-order valence-corrected chi connectivity index (χ0v) is 7.27. The first-order valence-electron chi connectivity index (χ1n) is 3.39. The Morgan fingerprint density at radius 1 is 1.36 bits per heavy atom. The van der Waals surface area contributed by atoms with Crippen molar-refractivity contribution in [3.05, 3.63) is 29.8 Å². The number of rotatable bonds is 2. The molecule has 11 heavy (non-hydrogen) atoms. The summed E-state index contributed by atoms with van der Waals surface area (Å²) in [6, 6.07) is 7.95. The molecule has 0 saturated carbocycles. The van der Waals surface area contributed by atoms with E-state index in [2.05, 4.69) is 0 Å². The van der Waals surface area contributed by atoms with E-state index in [4.69, 9.17) is 11.5 Å². The minimum absolute atomic E-state index is 0.359. The molecule has 0 heterocycles. The average Bonchev–Trinajstić information content (AvgIpc) is 2.05. The zero-order chi connectivity index (χ0) is 8.27. The lowest BCUT2D eigenvalue weighted by molar-refractivity contribution is 0.771. The van der Waals surface area contributed by atoms with E-state index < -0.39 is 0 Å². The monoisotopic (exact) mass is 168 g/mol. The maximum atomic E-state index is 5.51. The molecule has 1 aromatic carbocycles. The Labute approximate surface area is 71.0 Å². The summed E-state index contributed by atoms with van der Waals surface area (Å²) in [5.41, 5.74) is 12.0. The minimum Gasteiger partial charge on any atom is -0.312 e. The van der Waals surface area contributed by atoms with Gasteiger partial charge >= 0.3 is 0 Å². The molecule has 0 aliphatic heterocycles. The lowest BCUT2D eigenvalue weighted by Crippen LogP contribution is -2.19. The highest BCUT2D eigenvalue weighted by atomic mass is 32.2. The lowest BCUT2D eigenvalue weighted by atomic mass is 10.2. The fourth-order valence-corrected chi connectivity index (χ4v) is 1.32. The van der Waals surface area contributed by atoms with Crippen LogP contribution in [0.1, 0.15) is 11.7 Å². The average molecular weight is 168 g/mol. The number of benzene rings is 1. The van der Waals surface area contributed by atoms with E-state index in [0.717, 1.165) is 5.56 Å². The fourth-order valence-electron chi connectivity index (χ4n) is 0.849. The number of thioether (sulfide) groups is 1. The Hall–Kier alpha value is -0.510. The van der Waals surface area contributed by atoms with Gasteiger partial charge in [-0.2, -0.15) is 0 Å². The van der Waals surface area contributed by atoms with E-state index in [9.17, 15) is 0 Å². The second kappa shape index (κ2) is 3.76. The van der Waals surface area contributed by atoms with Crippen LogP contribution in [0.4, 0.5) is 0 Å². The summed E-state index contributed by atoms with van der Waals surface area (Å²) in [4.78, 5) is 1.20. The number of hydrogen-bond acceptors (Lipinski definition) is 3. The fraction of sp³-hybridized carbons (Fsp3) is 0.250. The van der Waals surface area contributed by atoms with Gasteiger partial charge in [0.05, 0.1) is 6.17 Å². The summed E-state index contributed by atoms with van der Waals surface area (Å²) < 4.78 is 0. The smallest absolute Gasteiger partial charge is 0.0785 e. The Balaban J connectivity index is 2.91. The molecule has 0 aliphatic rings. The maximum Gasteiger partial charge on any atom is 0.0785 e. The molecule has 3 heteroatoms. The van der Waals surface area contributed by atoms with Crippen molar-refractivity contribution in [2.45, 2.75) is 11.1 Å². The first-order valence-corrected chi connectivity index (χ1v) is 4.61. The molecule has 0 amide bonds. The Kier molecular flexibility index (Phi) is 2.93. The van der Waals surface area contributed by atoms with Crippen LogP contribution in [0.25, 0.3) is 0 Å². The van der Waals surface area contributed by atoms with Gasteiger partial charge in [-0.25, -0.2) is 0 Å². The van der Waals surface area contributed by atoms with Crippen molar-refractivity contribution in [1.82, 2.24) is 0 Å². The Morgan fingerprint density at radius 2 is 2.09 bits per heavy atom. The topological polar surface area (TPSA) is 52.0 Å². The van der Waals surface area contributed by atoms with Crippen LogP contribution in [0, 0.1) is 0 Å². The molecule has 1 aromatic rings. The molecule has 0 fully saturated rings. The standard InChI is InChI=1S/C8H12N2S/c1-11-7-4-2-3-6(5-7)8(9)10/h2-5,8H,9-10H2,1H3. The van der Waals surface area contributed by atoms with Crippen LogP contribution in [-0.4, -0.2) is 6.26 Å². The van der Waals surface area contributed by atoms with Crippen LogP contribution in [0.2, 0.25) is 0 Å². The highest BCUT2D eigenvalue weighted by molar-refractivity contribution is 7.98. The van der Waals surface area contributed by atoms with E-state index in [1.807, 2.05) is 30.5 Å². The van der Waals surface area contributed by atoms with E-state index in [1.54, 1.807) is 11.8 Å². The summed E-state index contributed by atoms with van der Waals surface area (Å²) in [6.07, 6.45) is 1.67. The van der Waals surface area contributed by atoms with Crippen molar-refractivity contribution in [3.63, 3.8) is 0 Å². The van der Waals surface area contributed by atoms with Gasteiger partial charge in [-0.3, -0.25) is 0 Å². The third-order valence-corrected chi connectivity index (χ3v) is 2.20. The van der Waals surface area contributed by atoms with E-state index in [-0.39, 0.29) is 6.17 Å². The van der Waals surface area contributed by atoms with Crippen LogP contribution in [0.5, 0.6) is 0 Å². The lowest BCUT2D eigenvalue weighted by Gasteiger charge is -2.05. The first-order chi connectivity index (χ1) is 5.24. The zero-order valence-electron chi connectivity index (χ0n) is 6.45. The number of nitrogens with two attached hydrogens (primary N) is 2.